The predicted octanol–water partition coefficient (Wildman–Crippen LogP) is 4.37. The van der Waals surface area contributed by atoms with Crippen LogP contribution in [0.1, 0.15) is 101 Å². The first kappa shape index (κ1) is 45.9. The van der Waals surface area contributed by atoms with Crippen LogP contribution in [0.15, 0.2) is 30.3 Å². The number of hydrogen-bond donors (Lipinski definition) is 4. The van der Waals surface area contributed by atoms with Gasteiger partial charge >= 0.3 is 12.1 Å². The normalized spacial score (nSPS) is 14.6. The Morgan fingerprint density at radius 1 is 0.654 bits per heavy atom. The van der Waals surface area contributed by atoms with Crippen molar-refractivity contribution >= 4 is 35.7 Å². The Balaban J connectivity index is 3.26. The van der Waals surface area contributed by atoms with E-state index in [1.54, 1.807) is 34.6 Å². The maximum absolute atomic E-state index is 13.9. The summed E-state index contributed by atoms with van der Waals surface area (Å²) in [7, 11) is 2.74. The maximum atomic E-state index is 13.9. The molecular formula is C39H65N5O8. The Hall–Kier alpha value is -4.16. The summed E-state index contributed by atoms with van der Waals surface area (Å²) in [4.78, 5) is 81.8. The van der Waals surface area contributed by atoms with Gasteiger partial charge in [0.25, 0.3) is 0 Å². The molecular weight excluding hydrogens is 666 g/mol. The number of rotatable bonds is 19. The number of ether oxygens (including phenoxy) is 2. The number of carbonyl (C=O) groups is 6. The average Bonchev–Trinajstić information content (AvgIpc) is 3.03. The molecule has 0 aliphatic heterocycles. The molecule has 0 aliphatic rings. The molecule has 1 aromatic carbocycles. The molecule has 1 aromatic rings. The lowest BCUT2D eigenvalue weighted by molar-refractivity contribution is -0.145. The van der Waals surface area contributed by atoms with Crippen molar-refractivity contribution in [3.8, 4) is 0 Å². The Bertz CT molecular complexity index is 1330. The molecule has 1 rings (SSSR count). The third kappa shape index (κ3) is 16.5. The van der Waals surface area contributed by atoms with Crippen LogP contribution >= 0.6 is 0 Å². The highest BCUT2D eigenvalue weighted by molar-refractivity contribution is 5.96. The molecule has 4 N–H and O–H groups in total. The van der Waals surface area contributed by atoms with E-state index in [1.165, 1.54) is 19.1 Å². The van der Waals surface area contributed by atoms with Crippen molar-refractivity contribution in [1.82, 2.24) is 26.2 Å². The van der Waals surface area contributed by atoms with Gasteiger partial charge in [-0.05, 0) is 69.3 Å². The second-order valence-electron chi connectivity index (χ2n) is 16.1. The quantitative estimate of drug-likeness (QED) is 0.152. The zero-order chi connectivity index (χ0) is 39.9. The lowest BCUT2D eigenvalue weighted by Crippen LogP contribution is -2.60. The smallest absolute Gasteiger partial charge is 0.410 e. The number of nitrogens with zero attached hydrogens (tertiary/aromatic N) is 1. The minimum Gasteiger partial charge on any atom is -0.467 e. The van der Waals surface area contributed by atoms with Crippen LogP contribution in [-0.4, -0.2) is 90.6 Å². The molecule has 294 valence electrons. The standard InChI is InChI=1S/C39H65N5O8/c1-23(2)19-28(33(45)42-30(37(49)51-13)22-27-17-15-14-16-18-27)41-36(48)32(26(7)8)43-34(46)29(20-24(3)4)40-35(47)31(21-25(5)6)44(12)38(50)52-39(9,10)11/h14-18,23-26,28-32H,19-22H2,1-13H3,(H,40,47)(H,41,48)(H,42,45)(H,43,46)/t28-,29-,30-,31-,32-/m1/s1. The van der Waals surface area contributed by atoms with Gasteiger partial charge in [-0.15, -0.1) is 0 Å². The summed E-state index contributed by atoms with van der Waals surface area (Å²) in [5, 5.41) is 11.2. The van der Waals surface area contributed by atoms with Crippen LogP contribution in [0.25, 0.3) is 0 Å². The number of likely N-dealkylation sites (N-methyl/N-ethyl adjacent to an activating group) is 1. The molecule has 0 saturated heterocycles. The third-order valence-electron chi connectivity index (χ3n) is 8.16. The van der Waals surface area contributed by atoms with E-state index in [0.717, 1.165) is 5.56 Å². The van der Waals surface area contributed by atoms with Gasteiger partial charge in [-0.1, -0.05) is 85.7 Å². The van der Waals surface area contributed by atoms with E-state index in [1.807, 2.05) is 71.9 Å². The summed E-state index contributed by atoms with van der Waals surface area (Å²) in [5.41, 5.74) is 0.0526. The molecule has 5 atom stereocenters. The van der Waals surface area contributed by atoms with Crippen LogP contribution in [0.3, 0.4) is 0 Å². The molecule has 0 unspecified atom stereocenters. The molecule has 52 heavy (non-hydrogen) atoms. The molecule has 0 heterocycles. The first-order chi connectivity index (χ1) is 24.1. The average molecular weight is 732 g/mol. The molecule has 13 heteroatoms. The fourth-order valence-electron chi connectivity index (χ4n) is 5.53. The van der Waals surface area contributed by atoms with Crippen molar-refractivity contribution in [2.45, 2.75) is 138 Å². The van der Waals surface area contributed by atoms with E-state index in [-0.39, 0.29) is 37.0 Å². The first-order valence-corrected chi connectivity index (χ1v) is 18.3. The minimum atomic E-state index is -1.06. The van der Waals surface area contributed by atoms with Crippen LogP contribution < -0.4 is 21.3 Å². The van der Waals surface area contributed by atoms with Gasteiger partial charge in [-0.3, -0.25) is 24.1 Å². The van der Waals surface area contributed by atoms with Gasteiger partial charge in [0.2, 0.25) is 23.6 Å². The van der Waals surface area contributed by atoms with Crippen LogP contribution in [-0.2, 0) is 39.9 Å². The summed E-state index contributed by atoms with van der Waals surface area (Å²) in [6.07, 6.45) is 0.400. The fraction of sp³-hybridized carbons (Fsp3) is 0.692. The molecule has 13 nitrogen and oxygen atoms in total. The van der Waals surface area contributed by atoms with Crippen LogP contribution in [0.5, 0.6) is 0 Å². The van der Waals surface area contributed by atoms with E-state index >= 15 is 0 Å². The van der Waals surface area contributed by atoms with E-state index in [4.69, 9.17) is 9.47 Å². The second kappa shape index (κ2) is 21.4. The van der Waals surface area contributed by atoms with Crippen molar-refractivity contribution < 1.29 is 38.2 Å². The van der Waals surface area contributed by atoms with Gasteiger partial charge in [0.1, 0.15) is 35.8 Å². The van der Waals surface area contributed by atoms with Crippen molar-refractivity contribution in [1.29, 1.82) is 0 Å². The monoisotopic (exact) mass is 731 g/mol. The Morgan fingerprint density at radius 2 is 1.12 bits per heavy atom. The summed E-state index contributed by atoms with van der Waals surface area (Å²) < 4.78 is 10.5. The van der Waals surface area contributed by atoms with Gasteiger partial charge in [-0.2, -0.15) is 0 Å². The van der Waals surface area contributed by atoms with Gasteiger partial charge in [0.05, 0.1) is 7.11 Å². The third-order valence-corrected chi connectivity index (χ3v) is 8.16. The summed E-state index contributed by atoms with van der Waals surface area (Å²) in [6, 6.07) is 4.20. The highest BCUT2D eigenvalue weighted by Gasteiger charge is 2.36. The van der Waals surface area contributed by atoms with Crippen molar-refractivity contribution in [3.05, 3.63) is 35.9 Å². The van der Waals surface area contributed by atoms with Crippen molar-refractivity contribution in [3.63, 3.8) is 0 Å². The number of methoxy groups -OCH3 is 1. The number of nitrogens with one attached hydrogen (secondary N) is 4. The van der Waals surface area contributed by atoms with Crippen LogP contribution in [0.4, 0.5) is 4.79 Å². The fourth-order valence-corrected chi connectivity index (χ4v) is 5.53. The van der Waals surface area contributed by atoms with E-state index in [0.29, 0.717) is 6.42 Å². The topological polar surface area (TPSA) is 172 Å². The van der Waals surface area contributed by atoms with Gasteiger partial charge in [0.15, 0.2) is 0 Å². The molecule has 0 aromatic heterocycles. The lowest BCUT2D eigenvalue weighted by atomic mass is 9.97. The molecule has 0 aliphatic carbocycles. The number of benzene rings is 1. The number of hydrogen-bond acceptors (Lipinski definition) is 8. The SMILES string of the molecule is COC(=O)[C@@H](Cc1ccccc1)NC(=O)[C@@H](CC(C)C)NC(=O)[C@H](NC(=O)[C@@H](CC(C)C)NC(=O)[C@@H](CC(C)C)N(C)C(=O)OC(C)(C)C)C(C)C. The van der Waals surface area contributed by atoms with Crippen LogP contribution in [0.2, 0.25) is 0 Å². The van der Waals surface area contributed by atoms with Gasteiger partial charge in [-0.25, -0.2) is 9.59 Å². The summed E-state index contributed by atoms with van der Waals surface area (Å²) >= 11 is 0. The highest BCUT2D eigenvalue weighted by Crippen LogP contribution is 2.17. The Labute approximate surface area is 311 Å². The van der Waals surface area contributed by atoms with Crippen LogP contribution in [0, 0.1) is 23.7 Å². The molecule has 0 fully saturated rings. The van der Waals surface area contributed by atoms with E-state index in [2.05, 4.69) is 21.3 Å². The minimum absolute atomic E-state index is 0.00271. The van der Waals surface area contributed by atoms with E-state index < -0.39 is 77.4 Å². The predicted molar refractivity (Wildman–Crippen MR) is 201 cm³/mol. The molecule has 0 bridgehead atoms. The van der Waals surface area contributed by atoms with Crippen molar-refractivity contribution in [2.75, 3.05) is 14.2 Å². The van der Waals surface area contributed by atoms with Crippen molar-refractivity contribution in [2.24, 2.45) is 23.7 Å². The first-order valence-electron chi connectivity index (χ1n) is 18.3. The molecule has 5 amide bonds. The molecule has 0 radical (unpaired) electrons. The second-order valence-corrected chi connectivity index (χ2v) is 16.1. The zero-order valence-corrected chi connectivity index (χ0v) is 33.6. The Kier molecular flexibility index (Phi) is 18.9. The summed E-state index contributed by atoms with van der Waals surface area (Å²) in [5.74, 6) is -3.21. The number of amides is 5. The molecule has 0 saturated carbocycles. The van der Waals surface area contributed by atoms with Gasteiger partial charge in [0, 0.05) is 13.5 Å². The Morgan fingerprint density at radius 3 is 1.56 bits per heavy atom. The number of esters is 1. The van der Waals surface area contributed by atoms with Gasteiger partial charge < -0.3 is 30.7 Å². The highest BCUT2D eigenvalue weighted by atomic mass is 16.6. The summed E-state index contributed by atoms with van der Waals surface area (Å²) in [6.45, 7) is 20.2. The molecule has 0 spiro atoms. The largest absolute Gasteiger partial charge is 0.467 e. The zero-order valence-electron chi connectivity index (χ0n) is 33.6. The van der Waals surface area contributed by atoms with E-state index in [9.17, 15) is 28.8 Å². The maximum Gasteiger partial charge on any atom is 0.410 e. The lowest BCUT2D eigenvalue weighted by Gasteiger charge is -2.32. The number of carbonyl (C=O) groups excluding carboxylic acids is 6.